The monoisotopic (exact) mass is 435 g/mol. The topological polar surface area (TPSA) is 93.5 Å². The molecule has 2 aromatic rings. The molecule has 9 heteroatoms. The highest BCUT2D eigenvalue weighted by Crippen LogP contribution is 2.36. The van der Waals surface area contributed by atoms with Crippen molar-refractivity contribution in [3.05, 3.63) is 53.1 Å². The first-order chi connectivity index (χ1) is 14.5. The molecule has 1 amide bonds. The lowest BCUT2D eigenvalue weighted by Crippen LogP contribution is -2.35. The van der Waals surface area contributed by atoms with Crippen LogP contribution in [0.5, 0.6) is 0 Å². The van der Waals surface area contributed by atoms with Crippen LogP contribution in [0.2, 0.25) is 0 Å². The molecule has 0 fully saturated rings. The average Bonchev–Trinajstić information content (AvgIpc) is 2.99. The number of fused-ring (bicyclic) bond motifs is 1. The number of aromatic nitrogens is 2. The number of carboxylic acid groups (broad SMARTS) is 1. The van der Waals surface area contributed by atoms with Gasteiger partial charge in [0, 0.05) is 18.7 Å². The molecule has 1 aliphatic heterocycles. The Labute approximate surface area is 179 Å². The number of nitrogens with zero attached hydrogens (tertiary/aromatic N) is 2. The molecular formula is C22H27F2N3O4. The van der Waals surface area contributed by atoms with E-state index in [-0.39, 0.29) is 12.1 Å². The van der Waals surface area contributed by atoms with Gasteiger partial charge in [-0.2, -0.15) is 0 Å². The van der Waals surface area contributed by atoms with Crippen molar-refractivity contribution in [2.24, 2.45) is 0 Å². The standard InChI is InChI=1S/C22H27F2N3O4/c1-12(20(28)29)17-10-25-19-16(26-21(30)31-22(2,3)4)9-8-13(11-27(17)19)14-6-5-7-15(23)18(14)24/h5-7,10,12-13,16H,8-9,11H2,1-4H3,(H,26,30)(H,28,29)/t12?,13-,16-/m1/s1. The Morgan fingerprint density at radius 2 is 2.00 bits per heavy atom. The van der Waals surface area contributed by atoms with Crippen molar-refractivity contribution < 1.29 is 28.2 Å². The highest BCUT2D eigenvalue weighted by atomic mass is 19.2. The Morgan fingerprint density at radius 3 is 2.65 bits per heavy atom. The van der Waals surface area contributed by atoms with Gasteiger partial charge in [-0.1, -0.05) is 12.1 Å². The summed E-state index contributed by atoms with van der Waals surface area (Å²) in [5.74, 6) is -3.70. The molecule has 2 N–H and O–H groups in total. The van der Waals surface area contributed by atoms with Gasteiger partial charge >= 0.3 is 12.1 Å². The van der Waals surface area contributed by atoms with Crippen molar-refractivity contribution in [1.29, 1.82) is 0 Å². The molecular weight excluding hydrogens is 408 g/mol. The van der Waals surface area contributed by atoms with Gasteiger partial charge in [0.15, 0.2) is 11.6 Å². The van der Waals surface area contributed by atoms with Gasteiger partial charge in [0.05, 0.1) is 17.7 Å². The van der Waals surface area contributed by atoms with Crippen LogP contribution >= 0.6 is 0 Å². The fraction of sp³-hybridized carbons (Fsp3) is 0.500. The van der Waals surface area contributed by atoms with Crippen LogP contribution in [0.25, 0.3) is 0 Å². The van der Waals surface area contributed by atoms with Gasteiger partial charge in [0.25, 0.3) is 0 Å². The van der Waals surface area contributed by atoms with Crippen molar-refractivity contribution in [1.82, 2.24) is 14.9 Å². The number of imidazole rings is 1. The number of carboxylic acids is 1. The van der Waals surface area contributed by atoms with E-state index in [1.54, 1.807) is 25.3 Å². The lowest BCUT2D eigenvalue weighted by molar-refractivity contribution is -0.138. The number of nitrogens with one attached hydrogen (secondary N) is 1. The minimum atomic E-state index is -1.03. The molecule has 0 saturated carbocycles. The molecule has 1 aromatic carbocycles. The maximum atomic E-state index is 14.5. The van der Waals surface area contributed by atoms with Crippen molar-refractivity contribution in [2.45, 2.75) is 70.6 Å². The van der Waals surface area contributed by atoms with Crippen molar-refractivity contribution in [2.75, 3.05) is 0 Å². The Bertz CT molecular complexity index is 984. The molecule has 1 unspecified atom stereocenters. The summed E-state index contributed by atoms with van der Waals surface area (Å²) in [5, 5.41) is 12.3. The first-order valence-electron chi connectivity index (χ1n) is 10.2. The lowest BCUT2D eigenvalue weighted by Gasteiger charge is -2.23. The summed E-state index contributed by atoms with van der Waals surface area (Å²) in [5.41, 5.74) is -0.0471. The fourth-order valence-electron chi connectivity index (χ4n) is 3.84. The Morgan fingerprint density at radius 1 is 1.29 bits per heavy atom. The second-order valence-corrected chi connectivity index (χ2v) is 8.83. The summed E-state index contributed by atoms with van der Waals surface area (Å²) in [6.45, 7) is 6.99. The molecule has 0 saturated heterocycles. The predicted molar refractivity (Wildman–Crippen MR) is 109 cm³/mol. The van der Waals surface area contributed by atoms with E-state index >= 15 is 0 Å². The zero-order valence-electron chi connectivity index (χ0n) is 18.0. The number of carbonyl (C=O) groups is 2. The van der Waals surface area contributed by atoms with E-state index in [0.717, 1.165) is 6.07 Å². The number of rotatable bonds is 4. The highest BCUT2D eigenvalue weighted by molar-refractivity contribution is 5.75. The number of carbonyl (C=O) groups excluding carboxylic acids is 1. The number of ether oxygens (including phenoxy) is 1. The van der Waals surface area contributed by atoms with E-state index in [0.29, 0.717) is 24.4 Å². The van der Waals surface area contributed by atoms with Crippen LogP contribution in [0.4, 0.5) is 13.6 Å². The molecule has 0 spiro atoms. The maximum absolute atomic E-state index is 14.5. The van der Waals surface area contributed by atoms with Gasteiger partial charge in [-0.25, -0.2) is 18.6 Å². The van der Waals surface area contributed by atoms with Gasteiger partial charge in [0.2, 0.25) is 0 Å². The molecule has 0 aliphatic carbocycles. The van der Waals surface area contributed by atoms with Crippen LogP contribution in [0.15, 0.2) is 24.4 Å². The van der Waals surface area contributed by atoms with Crippen LogP contribution in [-0.2, 0) is 16.1 Å². The van der Waals surface area contributed by atoms with E-state index in [2.05, 4.69) is 10.3 Å². The van der Waals surface area contributed by atoms with Gasteiger partial charge in [-0.05, 0) is 52.2 Å². The van der Waals surface area contributed by atoms with E-state index < -0.39 is 47.2 Å². The molecule has 3 rings (SSSR count). The SMILES string of the molecule is CC(C(=O)O)c1cnc2n1C[C@H](c1cccc(F)c1F)CC[C@H]2NC(=O)OC(C)(C)C. The Kier molecular flexibility index (Phi) is 6.33. The van der Waals surface area contributed by atoms with Gasteiger partial charge in [-0.15, -0.1) is 0 Å². The number of aliphatic carboxylic acids is 1. The van der Waals surface area contributed by atoms with Gasteiger partial charge in [0.1, 0.15) is 11.4 Å². The molecule has 7 nitrogen and oxygen atoms in total. The Hall–Kier alpha value is -2.97. The summed E-state index contributed by atoms with van der Waals surface area (Å²) in [4.78, 5) is 28.4. The number of hydrogen-bond donors (Lipinski definition) is 2. The molecule has 2 heterocycles. The van der Waals surface area contributed by atoms with Gasteiger partial charge < -0.3 is 19.7 Å². The average molecular weight is 435 g/mol. The number of halogens is 2. The zero-order valence-corrected chi connectivity index (χ0v) is 18.0. The molecule has 3 atom stereocenters. The molecule has 1 aliphatic rings. The second-order valence-electron chi connectivity index (χ2n) is 8.83. The Balaban J connectivity index is 1.99. The van der Waals surface area contributed by atoms with Crippen LogP contribution in [0, 0.1) is 11.6 Å². The normalized spacial score (nSPS) is 19.8. The quantitative estimate of drug-likeness (QED) is 0.738. The van der Waals surface area contributed by atoms with E-state index in [9.17, 15) is 23.5 Å². The summed E-state index contributed by atoms with van der Waals surface area (Å²) in [6.07, 6.45) is 1.67. The molecule has 168 valence electrons. The molecule has 0 bridgehead atoms. The minimum Gasteiger partial charge on any atom is -0.481 e. The number of hydrogen-bond acceptors (Lipinski definition) is 4. The fourth-order valence-corrected chi connectivity index (χ4v) is 3.84. The lowest BCUT2D eigenvalue weighted by atomic mass is 9.92. The first kappa shape index (κ1) is 22.7. The number of benzene rings is 1. The minimum absolute atomic E-state index is 0.214. The van der Waals surface area contributed by atoms with Crippen LogP contribution in [0.3, 0.4) is 0 Å². The number of amides is 1. The highest BCUT2D eigenvalue weighted by Gasteiger charge is 2.33. The summed E-state index contributed by atoms with van der Waals surface area (Å²) in [6, 6.07) is 3.47. The largest absolute Gasteiger partial charge is 0.481 e. The summed E-state index contributed by atoms with van der Waals surface area (Å²) >= 11 is 0. The predicted octanol–water partition coefficient (Wildman–Crippen LogP) is 4.49. The van der Waals surface area contributed by atoms with E-state index in [4.69, 9.17) is 4.74 Å². The molecule has 31 heavy (non-hydrogen) atoms. The molecule has 1 aromatic heterocycles. The van der Waals surface area contributed by atoms with E-state index in [1.165, 1.54) is 25.3 Å². The third-order valence-electron chi connectivity index (χ3n) is 5.36. The first-order valence-corrected chi connectivity index (χ1v) is 10.2. The maximum Gasteiger partial charge on any atom is 0.408 e. The van der Waals surface area contributed by atoms with Crippen LogP contribution < -0.4 is 5.32 Å². The third-order valence-corrected chi connectivity index (χ3v) is 5.36. The number of alkyl carbamates (subject to hydrolysis) is 1. The third kappa shape index (κ3) is 5.03. The van der Waals surface area contributed by atoms with E-state index in [1.807, 2.05) is 0 Å². The summed E-state index contributed by atoms with van der Waals surface area (Å²) < 4.78 is 35.4. The van der Waals surface area contributed by atoms with Gasteiger partial charge in [-0.3, -0.25) is 4.79 Å². The van der Waals surface area contributed by atoms with Crippen LogP contribution in [-0.4, -0.2) is 32.3 Å². The second kappa shape index (κ2) is 8.64. The van der Waals surface area contributed by atoms with Crippen molar-refractivity contribution in [3.8, 4) is 0 Å². The zero-order chi connectivity index (χ0) is 22.9. The summed E-state index contributed by atoms with van der Waals surface area (Å²) in [7, 11) is 0. The molecule has 0 radical (unpaired) electrons. The smallest absolute Gasteiger partial charge is 0.408 e. The van der Waals surface area contributed by atoms with Crippen molar-refractivity contribution in [3.63, 3.8) is 0 Å². The van der Waals surface area contributed by atoms with Crippen LogP contribution in [0.1, 0.15) is 75.5 Å². The van der Waals surface area contributed by atoms with Crippen molar-refractivity contribution >= 4 is 12.1 Å².